The molecule has 1 N–H and O–H groups in total. The van der Waals surface area contributed by atoms with Crippen LogP contribution in [-0.4, -0.2) is 164 Å². The van der Waals surface area contributed by atoms with E-state index in [-0.39, 0.29) is 17.4 Å². The summed E-state index contributed by atoms with van der Waals surface area (Å²) in [4.78, 5) is 0. The molecule has 0 unspecified atom stereocenters. The fraction of sp³-hybridized carbons (Fsp3) is 0.850. The van der Waals surface area contributed by atoms with E-state index >= 15 is 0 Å². The molecular weight excluding hydrogens is 688 g/mol. The van der Waals surface area contributed by atoms with E-state index in [1.807, 2.05) is 0 Å². The normalized spacial score (nSPS) is 12.2. The molecule has 0 saturated carbocycles. The van der Waals surface area contributed by atoms with Gasteiger partial charge in [-0.1, -0.05) is 53.7 Å². The summed E-state index contributed by atoms with van der Waals surface area (Å²) < 4.78 is 66.4. The highest BCUT2D eigenvalue weighted by Crippen LogP contribution is 2.38. The lowest BCUT2D eigenvalue weighted by Crippen LogP contribution is -2.22. The van der Waals surface area contributed by atoms with Gasteiger partial charge in [0, 0.05) is 5.56 Å². The largest absolute Gasteiger partial charge is 0.491 e. The van der Waals surface area contributed by atoms with Crippen molar-refractivity contribution in [2.24, 2.45) is 0 Å². The van der Waals surface area contributed by atoms with Gasteiger partial charge in [0.2, 0.25) is 0 Å². The van der Waals surface area contributed by atoms with Crippen molar-refractivity contribution >= 4 is 0 Å². The van der Waals surface area contributed by atoms with Crippen LogP contribution in [0.15, 0.2) is 18.2 Å². The van der Waals surface area contributed by atoms with E-state index in [0.717, 1.165) is 18.6 Å². The average Bonchev–Trinajstić information content (AvgIpc) is 3.16. The zero-order chi connectivity index (χ0) is 38.7. The zero-order valence-electron chi connectivity index (χ0n) is 34.0. The lowest BCUT2D eigenvalue weighted by molar-refractivity contribution is -0.0280. The molecule has 0 spiro atoms. The van der Waals surface area contributed by atoms with Crippen LogP contribution >= 0.6 is 0 Å². The summed E-state index contributed by atoms with van der Waals surface area (Å²) >= 11 is 0. The van der Waals surface area contributed by atoms with Crippen molar-refractivity contribution in [2.45, 2.75) is 65.2 Å². The van der Waals surface area contributed by atoms with Crippen molar-refractivity contribution in [3.05, 3.63) is 29.3 Å². The van der Waals surface area contributed by atoms with Gasteiger partial charge >= 0.3 is 0 Å². The summed E-state index contributed by atoms with van der Waals surface area (Å²) in [5.41, 5.74) is 2.79. The van der Waals surface area contributed by atoms with E-state index < -0.39 is 0 Å². The van der Waals surface area contributed by atoms with E-state index in [2.05, 4.69) is 59.7 Å². The van der Waals surface area contributed by atoms with Crippen LogP contribution in [0.25, 0.3) is 0 Å². The van der Waals surface area contributed by atoms with Crippen LogP contribution in [0.4, 0.5) is 0 Å². The van der Waals surface area contributed by atoms with Crippen LogP contribution < -0.4 is 4.74 Å². The highest BCUT2D eigenvalue weighted by molar-refractivity contribution is 5.44. The van der Waals surface area contributed by atoms with Gasteiger partial charge in [0.25, 0.3) is 0 Å². The Morgan fingerprint density at radius 1 is 0.396 bits per heavy atom. The first kappa shape index (κ1) is 49.6. The monoisotopic (exact) mass is 763 g/mol. The van der Waals surface area contributed by atoms with Crippen molar-refractivity contribution in [1.29, 1.82) is 0 Å². The third-order valence-corrected chi connectivity index (χ3v) is 8.70. The minimum atomic E-state index is 0.0244. The Kier molecular flexibility index (Phi) is 31.6. The van der Waals surface area contributed by atoms with Crippen LogP contribution in [0.5, 0.6) is 5.75 Å². The average molecular weight is 763 g/mol. The predicted octanol–water partition coefficient (Wildman–Crippen LogP) is 4.62. The minimum Gasteiger partial charge on any atom is -0.491 e. The Morgan fingerprint density at radius 3 is 0.962 bits per heavy atom. The zero-order valence-corrected chi connectivity index (χ0v) is 34.0. The van der Waals surface area contributed by atoms with Crippen molar-refractivity contribution in [3.8, 4) is 5.75 Å². The molecule has 0 aliphatic carbocycles. The Labute approximate surface area is 320 Å². The maximum Gasteiger partial charge on any atom is 0.123 e. The molecule has 1 aromatic carbocycles. The molecule has 0 aromatic heterocycles. The molecule has 13 nitrogen and oxygen atoms in total. The second-order valence-corrected chi connectivity index (χ2v) is 13.5. The number of ether oxygens (including phenoxy) is 12. The third-order valence-electron chi connectivity index (χ3n) is 8.70. The highest BCUT2D eigenvalue weighted by Gasteiger charge is 2.26. The van der Waals surface area contributed by atoms with E-state index in [0.29, 0.717) is 152 Å². The van der Waals surface area contributed by atoms with Gasteiger partial charge in [-0.25, -0.2) is 0 Å². The van der Waals surface area contributed by atoms with E-state index in [1.165, 1.54) is 11.1 Å². The molecular formula is C40H74O13. The Morgan fingerprint density at radius 2 is 0.679 bits per heavy atom. The Hall–Kier alpha value is -1.46. The molecule has 0 bridgehead atoms. The van der Waals surface area contributed by atoms with Crippen molar-refractivity contribution < 1.29 is 61.9 Å². The molecule has 0 fully saturated rings. The van der Waals surface area contributed by atoms with E-state index in [9.17, 15) is 0 Å². The van der Waals surface area contributed by atoms with Crippen LogP contribution in [0.3, 0.4) is 0 Å². The fourth-order valence-corrected chi connectivity index (χ4v) is 4.58. The SMILES string of the molecule is CCC(C)(C)c1ccc(OCCOCCOCCOCCOCCOCCOCCOCCOCCOCCOCCOCCO)c(C(C)(C)CC)c1. The standard InChI is InChI=1S/C40H74O13/c1-7-39(3,4)36-9-10-38(37(35-36)40(5,6)8-2)53-34-33-52-32-31-51-30-29-50-28-27-49-26-25-48-24-23-47-22-21-46-20-19-45-18-17-44-16-15-43-14-13-42-12-11-41/h9-10,35,41H,7-8,11-34H2,1-6H3. The number of hydrogen-bond donors (Lipinski definition) is 1. The summed E-state index contributed by atoms with van der Waals surface area (Å²) in [6, 6.07) is 6.66. The van der Waals surface area contributed by atoms with Gasteiger partial charge in [0.15, 0.2) is 0 Å². The fourth-order valence-electron chi connectivity index (χ4n) is 4.58. The summed E-state index contributed by atoms with van der Waals surface area (Å²) in [6.07, 6.45) is 2.13. The van der Waals surface area contributed by atoms with Crippen LogP contribution in [0.1, 0.15) is 65.5 Å². The van der Waals surface area contributed by atoms with Gasteiger partial charge in [0.05, 0.1) is 152 Å². The first-order chi connectivity index (χ1) is 25.8. The number of aliphatic hydroxyl groups excluding tert-OH is 1. The molecule has 0 aliphatic rings. The third kappa shape index (κ3) is 26.9. The molecule has 0 amide bonds. The number of rotatable bonds is 40. The molecule has 1 aromatic rings. The first-order valence-electron chi connectivity index (χ1n) is 19.5. The minimum absolute atomic E-state index is 0.0244. The number of benzene rings is 1. The molecule has 53 heavy (non-hydrogen) atoms. The summed E-state index contributed by atoms with van der Waals surface area (Å²) in [5.74, 6) is 0.944. The predicted molar refractivity (Wildman–Crippen MR) is 205 cm³/mol. The van der Waals surface area contributed by atoms with Gasteiger partial charge in [-0.15, -0.1) is 0 Å². The molecule has 0 saturated heterocycles. The topological polar surface area (TPSA) is 131 Å². The molecule has 1 rings (SSSR count). The van der Waals surface area contributed by atoms with Crippen LogP contribution in [0.2, 0.25) is 0 Å². The van der Waals surface area contributed by atoms with Crippen LogP contribution in [-0.2, 0) is 62.9 Å². The second-order valence-electron chi connectivity index (χ2n) is 13.5. The Bertz CT molecular complexity index is 947. The van der Waals surface area contributed by atoms with Gasteiger partial charge in [-0.3, -0.25) is 0 Å². The molecule has 0 atom stereocenters. The second kappa shape index (κ2) is 33.8. The summed E-state index contributed by atoms with van der Waals surface area (Å²) in [7, 11) is 0. The molecule has 0 heterocycles. The van der Waals surface area contributed by atoms with Gasteiger partial charge in [0.1, 0.15) is 12.4 Å². The molecule has 13 heteroatoms. The summed E-state index contributed by atoms with van der Waals surface area (Å²) in [5, 5.41) is 8.60. The molecule has 312 valence electrons. The highest BCUT2D eigenvalue weighted by atomic mass is 16.6. The smallest absolute Gasteiger partial charge is 0.123 e. The van der Waals surface area contributed by atoms with E-state index in [4.69, 9.17) is 61.9 Å². The van der Waals surface area contributed by atoms with Crippen LogP contribution in [0, 0.1) is 0 Å². The molecule has 0 aliphatic heterocycles. The molecule has 0 radical (unpaired) electrons. The maximum absolute atomic E-state index is 8.60. The van der Waals surface area contributed by atoms with E-state index in [1.54, 1.807) is 0 Å². The summed E-state index contributed by atoms with van der Waals surface area (Å²) in [6.45, 7) is 25.0. The van der Waals surface area contributed by atoms with Crippen molar-refractivity contribution in [2.75, 3.05) is 159 Å². The number of hydrogen-bond acceptors (Lipinski definition) is 13. The maximum atomic E-state index is 8.60. The van der Waals surface area contributed by atoms with Gasteiger partial charge in [-0.05, 0) is 35.3 Å². The van der Waals surface area contributed by atoms with Gasteiger partial charge < -0.3 is 61.9 Å². The van der Waals surface area contributed by atoms with Gasteiger partial charge in [-0.2, -0.15) is 0 Å². The first-order valence-corrected chi connectivity index (χ1v) is 19.5. The quantitative estimate of drug-likeness (QED) is 0.0935. The van der Waals surface area contributed by atoms with Crippen molar-refractivity contribution in [3.63, 3.8) is 0 Å². The lowest BCUT2D eigenvalue weighted by Gasteiger charge is -2.30. The number of aliphatic hydroxyl groups is 1. The Balaban J connectivity index is 1.82. The van der Waals surface area contributed by atoms with Crippen molar-refractivity contribution in [1.82, 2.24) is 0 Å². The lowest BCUT2D eigenvalue weighted by atomic mass is 9.76.